The van der Waals surface area contributed by atoms with Crippen LogP contribution in [0.15, 0.2) is 0 Å². The van der Waals surface area contributed by atoms with Crippen molar-refractivity contribution >= 4 is 0 Å². The molecule has 1 saturated heterocycles. The summed E-state index contributed by atoms with van der Waals surface area (Å²) < 4.78 is 5.40. The van der Waals surface area contributed by atoms with Crippen LogP contribution in [0.25, 0.3) is 0 Å². The Morgan fingerprint density at radius 3 is 2.75 bits per heavy atom. The minimum absolute atomic E-state index is 0.623. The van der Waals surface area contributed by atoms with Crippen molar-refractivity contribution in [2.24, 2.45) is 0 Å². The molecular weight excluding hydrogens is 200 g/mol. The van der Waals surface area contributed by atoms with Crippen molar-refractivity contribution in [2.45, 2.75) is 51.6 Å². The third-order valence-corrected chi connectivity index (χ3v) is 3.27. The highest BCUT2D eigenvalue weighted by atomic mass is 16.5. The lowest BCUT2D eigenvalue weighted by molar-refractivity contribution is 0.158. The van der Waals surface area contributed by atoms with E-state index in [1.165, 1.54) is 32.2 Å². The predicted molar refractivity (Wildman–Crippen MR) is 68.8 cm³/mol. The minimum Gasteiger partial charge on any atom is -0.380 e. The van der Waals surface area contributed by atoms with Gasteiger partial charge in [-0.25, -0.2) is 0 Å². The summed E-state index contributed by atoms with van der Waals surface area (Å²) in [5.41, 5.74) is 0. The smallest absolute Gasteiger partial charge is 0.0622 e. The van der Waals surface area contributed by atoms with Gasteiger partial charge in [0.25, 0.3) is 0 Å². The molecule has 16 heavy (non-hydrogen) atoms. The monoisotopic (exact) mass is 228 g/mol. The Bertz CT molecular complexity index is 167. The highest BCUT2D eigenvalue weighted by Crippen LogP contribution is 2.11. The predicted octanol–water partition coefficient (Wildman–Crippen LogP) is 1.88. The van der Waals surface area contributed by atoms with E-state index in [4.69, 9.17) is 4.74 Å². The number of unbranched alkanes of at least 4 members (excludes halogenated alkanes) is 2. The van der Waals surface area contributed by atoms with Gasteiger partial charge in [0.1, 0.15) is 0 Å². The van der Waals surface area contributed by atoms with Crippen molar-refractivity contribution in [1.29, 1.82) is 0 Å². The maximum atomic E-state index is 5.40. The second kappa shape index (κ2) is 8.04. The third kappa shape index (κ3) is 5.83. The maximum Gasteiger partial charge on any atom is 0.0622 e. The van der Waals surface area contributed by atoms with Gasteiger partial charge in [0.15, 0.2) is 0 Å². The quantitative estimate of drug-likeness (QED) is 0.642. The topological polar surface area (TPSA) is 24.5 Å². The minimum atomic E-state index is 0.623. The fourth-order valence-corrected chi connectivity index (χ4v) is 2.11. The van der Waals surface area contributed by atoms with E-state index in [9.17, 15) is 0 Å². The lowest BCUT2D eigenvalue weighted by Crippen LogP contribution is -2.32. The molecule has 0 bridgehead atoms. The molecule has 0 amide bonds. The molecule has 1 N–H and O–H groups in total. The van der Waals surface area contributed by atoms with Gasteiger partial charge in [-0.3, -0.25) is 0 Å². The molecule has 0 aromatic heterocycles. The lowest BCUT2D eigenvalue weighted by atomic mass is 10.2. The first-order valence-electron chi connectivity index (χ1n) is 6.71. The van der Waals surface area contributed by atoms with E-state index in [2.05, 4.69) is 31.1 Å². The lowest BCUT2D eigenvalue weighted by Gasteiger charge is -2.22. The zero-order valence-electron chi connectivity index (χ0n) is 11.2. The summed E-state index contributed by atoms with van der Waals surface area (Å²) in [6.45, 7) is 8.67. The van der Waals surface area contributed by atoms with Crippen LogP contribution >= 0.6 is 0 Å². The SMILES string of the molecule is CC(C)NCCCCCN(C)C1CCOC1. The Labute approximate surface area is 101 Å². The van der Waals surface area contributed by atoms with Crippen molar-refractivity contribution < 1.29 is 4.74 Å². The number of ether oxygens (including phenoxy) is 1. The third-order valence-electron chi connectivity index (χ3n) is 3.27. The van der Waals surface area contributed by atoms with Crippen LogP contribution in [-0.2, 0) is 4.74 Å². The average Bonchev–Trinajstić information content (AvgIpc) is 2.75. The van der Waals surface area contributed by atoms with Gasteiger partial charge in [-0.15, -0.1) is 0 Å². The van der Waals surface area contributed by atoms with Gasteiger partial charge in [0.05, 0.1) is 6.61 Å². The molecule has 96 valence electrons. The molecule has 1 rings (SSSR count). The summed E-state index contributed by atoms with van der Waals surface area (Å²) in [6, 6.07) is 1.30. The second-order valence-electron chi connectivity index (χ2n) is 5.17. The number of rotatable bonds is 8. The Morgan fingerprint density at radius 2 is 2.12 bits per heavy atom. The van der Waals surface area contributed by atoms with Crippen LogP contribution in [0.4, 0.5) is 0 Å². The van der Waals surface area contributed by atoms with Crippen LogP contribution in [0.2, 0.25) is 0 Å². The highest BCUT2D eigenvalue weighted by Gasteiger charge is 2.19. The fraction of sp³-hybridized carbons (Fsp3) is 1.00. The van der Waals surface area contributed by atoms with Gasteiger partial charge in [0.2, 0.25) is 0 Å². The molecule has 1 aliphatic rings. The van der Waals surface area contributed by atoms with E-state index in [1.54, 1.807) is 0 Å². The van der Waals surface area contributed by atoms with Gasteiger partial charge in [-0.2, -0.15) is 0 Å². The van der Waals surface area contributed by atoms with E-state index in [-0.39, 0.29) is 0 Å². The van der Waals surface area contributed by atoms with Gasteiger partial charge in [-0.1, -0.05) is 20.3 Å². The van der Waals surface area contributed by atoms with Crippen LogP contribution in [0.1, 0.15) is 39.5 Å². The second-order valence-corrected chi connectivity index (χ2v) is 5.17. The molecule has 0 spiro atoms. The summed E-state index contributed by atoms with van der Waals surface area (Å²) >= 11 is 0. The molecule has 3 nitrogen and oxygen atoms in total. The molecule has 0 saturated carbocycles. The van der Waals surface area contributed by atoms with Gasteiger partial charge in [0, 0.05) is 18.7 Å². The maximum absolute atomic E-state index is 5.40. The summed E-state index contributed by atoms with van der Waals surface area (Å²) in [5.74, 6) is 0. The van der Waals surface area contributed by atoms with Crippen molar-refractivity contribution in [2.75, 3.05) is 33.4 Å². The van der Waals surface area contributed by atoms with E-state index in [0.717, 1.165) is 19.8 Å². The Morgan fingerprint density at radius 1 is 1.31 bits per heavy atom. The first kappa shape index (κ1) is 13.9. The zero-order valence-corrected chi connectivity index (χ0v) is 11.2. The van der Waals surface area contributed by atoms with Crippen LogP contribution in [0.3, 0.4) is 0 Å². The number of nitrogens with zero attached hydrogens (tertiary/aromatic N) is 1. The van der Waals surface area contributed by atoms with Crippen LogP contribution < -0.4 is 5.32 Å². The molecule has 1 aliphatic heterocycles. The van der Waals surface area contributed by atoms with Gasteiger partial charge < -0.3 is 15.0 Å². The number of nitrogens with one attached hydrogen (secondary N) is 1. The van der Waals surface area contributed by atoms with Crippen molar-refractivity contribution in [3.05, 3.63) is 0 Å². The molecule has 0 radical (unpaired) electrons. The normalized spacial score (nSPS) is 21.2. The molecule has 0 aliphatic carbocycles. The molecule has 1 atom stereocenters. The van der Waals surface area contributed by atoms with E-state index in [1.807, 2.05) is 0 Å². The van der Waals surface area contributed by atoms with Crippen molar-refractivity contribution in [3.8, 4) is 0 Å². The number of likely N-dealkylation sites (N-methyl/N-ethyl adjacent to an activating group) is 1. The Kier molecular flexibility index (Phi) is 7.01. The molecular formula is C13H28N2O. The summed E-state index contributed by atoms with van der Waals surface area (Å²) in [7, 11) is 2.23. The summed E-state index contributed by atoms with van der Waals surface area (Å²) in [5, 5.41) is 3.46. The van der Waals surface area contributed by atoms with E-state index < -0.39 is 0 Å². The molecule has 0 aromatic carbocycles. The summed E-state index contributed by atoms with van der Waals surface area (Å²) in [4.78, 5) is 2.46. The van der Waals surface area contributed by atoms with Crippen LogP contribution in [0, 0.1) is 0 Å². The first-order chi connectivity index (χ1) is 7.70. The van der Waals surface area contributed by atoms with E-state index >= 15 is 0 Å². The average molecular weight is 228 g/mol. The van der Waals surface area contributed by atoms with Crippen molar-refractivity contribution in [1.82, 2.24) is 10.2 Å². The molecule has 1 unspecified atom stereocenters. The Balaban J connectivity index is 1.90. The highest BCUT2D eigenvalue weighted by molar-refractivity contribution is 4.72. The number of hydrogen-bond donors (Lipinski definition) is 1. The van der Waals surface area contributed by atoms with Gasteiger partial charge in [-0.05, 0) is 39.4 Å². The van der Waals surface area contributed by atoms with Gasteiger partial charge >= 0.3 is 0 Å². The summed E-state index contributed by atoms with van der Waals surface area (Å²) in [6.07, 6.45) is 5.16. The van der Waals surface area contributed by atoms with Crippen LogP contribution in [0.5, 0.6) is 0 Å². The van der Waals surface area contributed by atoms with Crippen LogP contribution in [-0.4, -0.2) is 50.3 Å². The molecule has 0 aromatic rings. The fourth-order valence-electron chi connectivity index (χ4n) is 2.11. The molecule has 1 heterocycles. The largest absolute Gasteiger partial charge is 0.380 e. The Hall–Kier alpha value is -0.120. The molecule has 1 fully saturated rings. The standard InChI is InChI=1S/C13H28N2O/c1-12(2)14-8-5-4-6-9-15(3)13-7-10-16-11-13/h12-14H,4-11H2,1-3H3. The molecule has 3 heteroatoms. The zero-order chi connectivity index (χ0) is 11.8. The van der Waals surface area contributed by atoms with E-state index in [0.29, 0.717) is 12.1 Å². The number of hydrogen-bond acceptors (Lipinski definition) is 3. The van der Waals surface area contributed by atoms with Crippen molar-refractivity contribution in [3.63, 3.8) is 0 Å². The first-order valence-corrected chi connectivity index (χ1v) is 6.71.